The number of nitrogens with zero attached hydrogens (tertiary/aromatic N) is 4. The van der Waals surface area contributed by atoms with Gasteiger partial charge in [0.25, 0.3) is 5.56 Å². The lowest BCUT2D eigenvalue weighted by atomic mass is 10.1. The number of piperazine rings is 1. The highest BCUT2D eigenvalue weighted by Gasteiger charge is 2.29. The first-order valence-electron chi connectivity index (χ1n) is 13.9. The van der Waals surface area contributed by atoms with Crippen molar-refractivity contribution in [3.63, 3.8) is 0 Å². The van der Waals surface area contributed by atoms with Crippen LogP contribution in [0.25, 0.3) is 10.9 Å². The Morgan fingerprint density at radius 1 is 0.905 bits per heavy atom. The van der Waals surface area contributed by atoms with Crippen molar-refractivity contribution >= 4 is 57.3 Å². The first kappa shape index (κ1) is 28.2. The van der Waals surface area contributed by atoms with E-state index < -0.39 is 11.9 Å². The molecule has 1 unspecified atom stereocenters. The molecular weight excluding hydrogens is 575 g/mol. The molecule has 0 radical (unpaired) electrons. The zero-order chi connectivity index (χ0) is 29.2. The number of benzene rings is 3. The highest BCUT2D eigenvalue weighted by molar-refractivity contribution is 6.43. The second-order valence-electron chi connectivity index (χ2n) is 10.6. The van der Waals surface area contributed by atoms with Crippen LogP contribution in [0.2, 0.25) is 10.0 Å². The Morgan fingerprint density at radius 3 is 2.40 bits per heavy atom. The van der Waals surface area contributed by atoms with E-state index in [0.29, 0.717) is 33.2 Å². The van der Waals surface area contributed by atoms with Crippen LogP contribution in [0, 0.1) is 0 Å². The highest BCUT2D eigenvalue weighted by atomic mass is 35.5. The Bertz CT molecular complexity index is 1700. The highest BCUT2D eigenvalue weighted by Crippen LogP contribution is 2.33. The Kier molecular flexibility index (Phi) is 8.15. The van der Waals surface area contributed by atoms with Gasteiger partial charge in [-0.2, -0.15) is 0 Å². The molecule has 1 aromatic heterocycles. The SMILES string of the molecule is O=C1CCC(n2cnc3cccc(NCc4ccc(CN5CCN(c6cccc(Cl)c6Cl)CC5)cc4)c3c2=O)C(=O)N1. The Hall–Kier alpha value is -3.92. The summed E-state index contributed by atoms with van der Waals surface area (Å²) in [4.78, 5) is 46.5. The quantitative estimate of drug-likeness (QED) is 0.297. The van der Waals surface area contributed by atoms with Crippen molar-refractivity contribution in [1.29, 1.82) is 0 Å². The summed E-state index contributed by atoms with van der Waals surface area (Å²) in [6, 6.07) is 18.9. The van der Waals surface area contributed by atoms with Crippen LogP contribution < -0.4 is 21.1 Å². The number of carbonyl (C=O) groups is 2. The van der Waals surface area contributed by atoms with Gasteiger partial charge in [-0.3, -0.25) is 29.2 Å². The van der Waals surface area contributed by atoms with E-state index in [0.717, 1.165) is 44.0 Å². The minimum atomic E-state index is -0.759. The van der Waals surface area contributed by atoms with Crippen LogP contribution in [0.5, 0.6) is 0 Å². The van der Waals surface area contributed by atoms with Gasteiger partial charge < -0.3 is 10.2 Å². The molecule has 0 bridgehead atoms. The third kappa shape index (κ3) is 5.86. The molecular formula is C31H30Cl2N6O3. The van der Waals surface area contributed by atoms with Crippen LogP contribution in [-0.4, -0.2) is 52.4 Å². The van der Waals surface area contributed by atoms with Crippen molar-refractivity contribution in [2.75, 3.05) is 36.4 Å². The number of anilines is 2. The number of amides is 2. The average molecular weight is 606 g/mol. The van der Waals surface area contributed by atoms with E-state index in [-0.39, 0.29) is 24.3 Å². The van der Waals surface area contributed by atoms with Crippen molar-refractivity contribution in [2.45, 2.75) is 32.0 Å². The van der Waals surface area contributed by atoms with Gasteiger partial charge in [0.15, 0.2) is 0 Å². The molecule has 0 aliphatic carbocycles. The summed E-state index contributed by atoms with van der Waals surface area (Å²) in [5.74, 6) is -0.805. The van der Waals surface area contributed by atoms with Gasteiger partial charge >= 0.3 is 0 Å². The fourth-order valence-electron chi connectivity index (χ4n) is 5.60. The molecule has 9 nitrogen and oxygen atoms in total. The molecule has 2 amide bonds. The van der Waals surface area contributed by atoms with Gasteiger partial charge in [0, 0.05) is 51.4 Å². The number of hydrogen-bond donors (Lipinski definition) is 2. The Labute approximate surface area is 253 Å². The van der Waals surface area contributed by atoms with Crippen molar-refractivity contribution in [1.82, 2.24) is 19.8 Å². The van der Waals surface area contributed by atoms with Crippen molar-refractivity contribution in [3.05, 3.63) is 98.5 Å². The number of fused-ring (bicyclic) bond motifs is 1. The van der Waals surface area contributed by atoms with Crippen molar-refractivity contribution in [3.8, 4) is 0 Å². The van der Waals surface area contributed by atoms with Crippen molar-refractivity contribution in [2.24, 2.45) is 0 Å². The lowest BCUT2D eigenvalue weighted by Gasteiger charge is -2.36. The number of rotatable bonds is 7. The number of hydrogen-bond acceptors (Lipinski definition) is 7. The summed E-state index contributed by atoms with van der Waals surface area (Å²) >= 11 is 12.6. The molecule has 0 spiro atoms. The normalized spacial score (nSPS) is 17.9. The fraction of sp³-hybridized carbons (Fsp3) is 0.290. The summed E-state index contributed by atoms with van der Waals surface area (Å²) < 4.78 is 1.33. The van der Waals surface area contributed by atoms with Gasteiger partial charge in [0.2, 0.25) is 11.8 Å². The van der Waals surface area contributed by atoms with Crippen LogP contribution in [0.3, 0.4) is 0 Å². The van der Waals surface area contributed by atoms with Crippen LogP contribution in [-0.2, 0) is 22.7 Å². The number of aromatic nitrogens is 2. The molecule has 2 aliphatic rings. The van der Waals surface area contributed by atoms with Gasteiger partial charge in [-0.25, -0.2) is 4.98 Å². The molecule has 4 aromatic rings. The minimum absolute atomic E-state index is 0.185. The first-order valence-corrected chi connectivity index (χ1v) is 14.7. The zero-order valence-electron chi connectivity index (χ0n) is 22.9. The van der Waals surface area contributed by atoms with E-state index in [9.17, 15) is 14.4 Å². The first-order chi connectivity index (χ1) is 20.4. The van der Waals surface area contributed by atoms with E-state index in [1.165, 1.54) is 16.5 Å². The third-order valence-corrected chi connectivity index (χ3v) is 8.72. The van der Waals surface area contributed by atoms with Gasteiger partial charge in [-0.1, -0.05) is 59.6 Å². The summed E-state index contributed by atoms with van der Waals surface area (Å²) in [6.07, 6.45) is 1.84. The maximum atomic E-state index is 13.5. The van der Waals surface area contributed by atoms with E-state index in [1.54, 1.807) is 6.07 Å². The van der Waals surface area contributed by atoms with Crippen molar-refractivity contribution < 1.29 is 9.59 Å². The topological polar surface area (TPSA) is 99.6 Å². The Balaban J connectivity index is 1.09. The van der Waals surface area contributed by atoms with Gasteiger partial charge in [-0.05, 0) is 41.8 Å². The fourth-order valence-corrected chi connectivity index (χ4v) is 6.01. The zero-order valence-corrected chi connectivity index (χ0v) is 24.4. The summed E-state index contributed by atoms with van der Waals surface area (Å²) in [5.41, 5.74) is 4.17. The average Bonchev–Trinajstić information content (AvgIpc) is 2.99. The number of imide groups is 1. The Morgan fingerprint density at radius 2 is 1.64 bits per heavy atom. The molecule has 2 saturated heterocycles. The molecule has 1 atom stereocenters. The number of piperidine rings is 1. The van der Waals surface area contributed by atoms with Crippen LogP contribution in [0.4, 0.5) is 11.4 Å². The number of nitrogens with one attached hydrogen (secondary N) is 2. The van der Waals surface area contributed by atoms with Gasteiger partial charge in [0.05, 0.1) is 33.0 Å². The molecule has 3 heterocycles. The second kappa shape index (κ2) is 12.1. The second-order valence-corrected chi connectivity index (χ2v) is 11.4. The molecule has 216 valence electrons. The summed E-state index contributed by atoms with van der Waals surface area (Å²) in [5, 5.41) is 7.29. The number of carbonyl (C=O) groups excluding carboxylic acids is 2. The summed E-state index contributed by atoms with van der Waals surface area (Å²) in [7, 11) is 0. The molecule has 6 rings (SSSR count). The predicted octanol–water partition coefficient (Wildman–Crippen LogP) is 4.62. The molecule has 42 heavy (non-hydrogen) atoms. The molecule has 2 aliphatic heterocycles. The largest absolute Gasteiger partial charge is 0.380 e. The van der Waals surface area contributed by atoms with Gasteiger partial charge in [0.1, 0.15) is 6.04 Å². The maximum absolute atomic E-state index is 13.5. The van der Waals surface area contributed by atoms with Crippen LogP contribution >= 0.6 is 23.2 Å². The molecule has 11 heteroatoms. The molecule has 0 saturated carbocycles. The van der Waals surface area contributed by atoms with E-state index in [2.05, 4.69) is 49.7 Å². The minimum Gasteiger partial charge on any atom is -0.380 e. The van der Waals surface area contributed by atoms with Crippen LogP contribution in [0.15, 0.2) is 71.8 Å². The maximum Gasteiger partial charge on any atom is 0.264 e. The standard InChI is InChI=1S/C31H30Cl2N6O3/c32-22-3-1-6-25(29(22)33)38-15-13-37(14-16-38)18-21-9-7-20(8-10-21)17-34-23-4-2-5-24-28(23)31(42)39(19-35-24)26-11-12-27(40)36-30(26)41/h1-10,19,26,34H,11-18H2,(H,36,40,41). The monoisotopic (exact) mass is 604 g/mol. The molecule has 2 fully saturated rings. The smallest absolute Gasteiger partial charge is 0.264 e. The van der Waals surface area contributed by atoms with Crippen LogP contribution in [0.1, 0.15) is 30.0 Å². The third-order valence-electron chi connectivity index (χ3n) is 7.91. The molecule has 2 N–H and O–H groups in total. The van der Waals surface area contributed by atoms with Gasteiger partial charge in [-0.15, -0.1) is 0 Å². The number of halogens is 2. The van der Waals surface area contributed by atoms with E-state index in [1.807, 2.05) is 30.3 Å². The van der Waals surface area contributed by atoms with E-state index in [4.69, 9.17) is 23.2 Å². The van der Waals surface area contributed by atoms with E-state index >= 15 is 0 Å². The lowest BCUT2D eigenvalue weighted by molar-refractivity contribution is -0.135. The molecule has 3 aromatic carbocycles. The lowest BCUT2D eigenvalue weighted by Crippen LogP contribution is -2.46. The predicted molar refractivity (Wildman–Crippen MR) is 165 cm³/mol. The summed E-state index contributed by atoms with van der Waals surface area (Å²) in [6.45, 7) is 5.00.